The van der Waals surface area contributed by atoms with E-state index in [1.807, 2.05) is 18.7 Å². The van der Waals surface area contributed by atoms with Crippen molar-refractivity contribution in [3.05, 3.63) is 28.8 Å². The largest absolute Gasteiger partial charge is 0.416 e. The van der Waals surface area contributed by atoms with Crippen LogP contribution in [0, 0.1) is 0 Å². The Morgan fingerprint density at radius 1 is 1.30 bits per heavy atom. The molecule has 0 aliphatic heterocycles. The fourth-order valence-electron chi connectivity index (χ4n) is 1.64. The first-order valence-electron chi connectivity index (χ1n) is 6.16. The Kier molecular flexibility index (Phi) is 5.83. The number of nitrogens with zero attached hydrogens (tertiary/aromatic N) is 1. The summed E-state index contributed by atoms with van der Waals surface area (Å²) in [6.45, 7) is 5.27. The van der Waals surface area contributed by atoms with Crippen LogP contribution in [-0.4, -0.2) is 30.4 Å². The number of likely N-dealkylation sites (N-methyl/N-ethyl adjacent to an activating group) is 1. The second-order valence-corrected chi connectivity index (χ2v) is 4.61. The molecule has 0 saturated carbocycles. The zero-order valence-electron chi connectivity index (χ0n) is 11.2. The average molecular weight is 309 g/mol. The molecular weight excluding hydrogens is 293 g/mol. The highest BCUT2D eigenvalue weighted by Crippen LogP contribution is 2.33. The highest BCUT2D eigenvalue weighted by molar-refractivity contribution is 6.33. The van der Waals surface area contributed by atoms with Crippen LogP contribution in [0.1, 0.15) is 19.4 Å². The van der Waals surface area contributed by atoms with E-state index < -0.39 is 17.6 Å². The lowest BCUT2D eigenvalue weighted by atomic mass is 10.2. The number of alkyl halides is 3. The third kappa shape index (κ3) is 4.68. The summed E-state index contributed by atoms with van der Waals surface area (Å²) in [4.78, 5) is 13.6. The second-order valence-electron chi connectivity index (χ2n) is 4.20. The number of hydrogen-bond donors (Lipinski definition) is 1. The number of halogens is 4. The molecule has 112 valence electrons. The highest BCUT2D eigenvalue weighted by Gasteiger charge is 2.31. The van der Waals surface area contributed by atoms with E-state index in [1.54, 1.807) is 0 Å². The van der Waals surface area contributed by atoms with Crippen LogP contribution in [0.25, 0.3) is 0 Å². The van der Waals surface area contributed by atoms with E-state index in [0.29, 0.717) is 13.1 Å². The molecule has 0 aliphatic rings. The lowest BCUT2D eigenvalue weighted by Crippen LogP contribution is -2.33. The Hall–Kier alpha value is -1.27. The van der Waals surface area contributed by atoms with Crippen molar-refractivity contribution in [1.82, 2.24) is 4.90 Å². The molecule has 0 saturated heterocycles. The minimum atomic E-state index is -4.47. The van der Waals surface area contributed by atoms with Crippen LogP contribution in [0.15, 0.2) is 18.2 Å². The van der Waals surface area contributed by atoms with Gasteiger partial charge in [0, 0.05) is 0 Å². The van der Waals surface area contributed by atoms with Crippen molar-refractivity contribution >= 4 is 23.2 Å². The molecule has 3 nitrogen and oxygen atoms in total. The predicted molar refractivity (Wildman–Crippen MR) is 72.9 cm³/mol. The predicted octanol–water partition coefficient (Wildman–Crippen LogP) is 3.64. The van der Waals surface area contributed by atoms with Crippen LogP contribution in [0.5, 0.6) is 0 Å². The Balaban J connectivity index is 2.84. The van der Waals surface area contributed by atoms with Crippen LogP contribution in [0.4, 0.5) is 18.9 Å². The van der Waals surface area contributed by atoms with Crippen molar-refractivity contribution in [2.45, 2.75) is 20.0 Å². The SMILES string of the molecule is CCN(CC)CC(=O)Nc1cc(C(F)(F)F)ccc1Cl. The molecule has 1 rings (SSSR count). The standard InChI is InChI=1S/C13H16ClF3N2O/c1-3-19(4-2)8-12(20)18-11-7-9(13(15,16)17)5-6-10(11)14/h5-7H,3-4,8H2,1-2H3,(H,18,20). The number of amides is 1. The quantitative estimate of drug-likeness (QED) is 0.900. The minimum Gasteiger partial charge on any atom is -0.324 e. The topological polar surface area (TPSA) is 32.3 Å². The first kappa shape index (κ1) is 16.8. The number of benzene rings is 1. The van der Waals surface area contributed by atoms with Crippen molar-refractivity contribution in [1.29, 1.82) is 0 Å². The molecule has 1 N–H and O–H groups in total. The minimum absolute atomic E-state index is 0.0290. The molecule has 7 heteroatoms. The molecule has 1 aromatic rings. The van der Waals surface area contributed by atoms with Crippen LogP contribution < -0.4 is 5.32 Å². The molecule has 0 heterocycles. The molecule has 20 heavy (non-hydrogen) atoms. The van der Waals surface area contributed by atoms with E-state index in [2.05, 4.69) is 5.32 Å². The van der Waals surface area contributed by atoms with Crippen LogP contribution in [0.2, 0.25) is 5.02 Å². The van der Waals surface area contributed by atoms with E-state index in [1.165, 1.54) is 0 Å². The van der Waals surface area contributed by atoms with Crippen LogP contribution >= 0.6 is 11.6 Å². The smallest absolute Gasteiger partial charge is 0.324 e. The van der Waals surface area contributed by atoms with Crippen molar-refractivity contribution < 1.29 is 18.0 Å². The summed E-state index contributed by atoms with van der Waals surface area (Å²) in [5.74, 6) is -0.394. The Bertz CT molecular complexity index is 473. The number of nitrogens with one attached hydrogen (secondary N) is 1. The van der Waals surface area contributed by atoms with Gasteiger partial charge in [-0.3, -0.25) is 9.69 Å². The van der Waals surface area contributed by atoms with E-state index >= 15 is 0 Å². The molecule has 0 aliphatic carbocycles. The van der Waals surface area contributed by atoms with Gasteiger partial charge in [-0.05, 0) is 31.3 Å². The maximum Gasteiger partial charge on any atom is 0.416 e. The molecule has 1 aromatic carbocycles. The van der Waals surface area contributed by atoms with Crippen molar-refractivity contribution in [2.24, 2.45) is 0 Å². The normalized spacial score (nSPS) is 11.8. The molecule has 0 spiro atoms. The zero-order valence-corrected chi connectivity index (χ0v) is 12.0. The Morgan fingerprint density at radius 3 is 2.40 bits per heavy atom. The third-order valence-corrected chi connectivity index (χ3v) is 3.16. The number of carbonyl (C=O) groups is 1. The fraction of sp³-hybridized carbons (Fsp3) is 0.462. The second kappa shape index (κ2) is 6.95. The van der Waals surface area contributed by atoms with Gasteiger partial charge in [-0.1, -0.05) is 25.4 Å². The summed E-state index contributed by atoms with van der Waals surface area (Å²) >= 11 is 5.80. The van der Waals surface area contributed by atoms with Gasteiger partial charge < -0.3 is 5.32 Å². The lowest BCUT2D eigenvalue weighted by Gasteiger charge is -2.18. The third-order valence-electron chi connectivity index (χ3n) is 2.83. The molecule has 0 bridgehead atoms. The number of rotatable bonds is 5. The van der Waals surface area contributed by atoms with Gasteiger partial charge in [0.25, 0.3) is 0 Å². The van der Waals surface area contributed by atoms with E-state index in [4.69, 9.17) is 11.6 Å². The summed E-state index contributed by atoms with van der Waals surface area (Å²) in [5.41, 5.74) is -0.876. The summed E-state index contributed by atoms with van der Waals surface area (Å²) in [6.07, 6.45) is -4.47. The van der Waals surface area contributed by atoms with Crippen molar-refractivity contribution in [3.63, 3.8) is 0 Å². The zero-order chi connectivity index (χ0) is 15.3. The first-order valence-corrected chi connectivity index (χ1v) is 6.54. The Morgan fingerprint density at radius 2 is 1.90 bits per heavy atom. The van der Waals surface area contributed by atoms with Gasteiger partial charge in [0.1, 0.15) is 0 Å². The summed E-state index contributed by atoms with van der Waals surface area (Å²) in [5, 5.41) is 2.48. The van der Waals surface area contributed by atoms with Gasteiger partial charge in [0.2, 0.25) is 5.91 Å². The van der Waals surface area contributed by atoms with Gasteiger partial charge in [0.15, 0.2) is 0 Å². The molecule has 0 aromatic heterocycles. The fourth-order valence-corrected chi connectivity index (χ4v) is 1.80. The molecule has 0 unspecified atom stereocenters. The average Bonchev–Trinajstić information content (AvgIpc) is 2.37. The Labute approximate surface area is 120 Å². The molecule has 1 amide bonds. The number of hydrogen-bond acceptors (Lipinski definition) is 2. The van der Waals surface area contributed by atoms with E-state index in [-0.39, 0.29) is 17.3 Å². The monoisotopic (exact) mass is 308 g/mol. The molecule has 0 radical (unpaired) electrons. The maximum absolute atomic E-state index is 12.6. The van der Waals surface area contributed by atoms with E-state index in [0.717, 1.165) is 18.2 Å². The first-order chi connectivity index (χ1) is 9.27. The summed E-state index contributed by atoms with van der Waals surface area (Å²) in [6, 6.07) is 2.84. The van der Waals surface area contributed by atoms with E-state index in [9.17, 15) is 18.0 Å². The van der Waals surface area contributed by atoms with Crippen molar-refractivity contribution in [2.75, 3.05) is 25.0 Å². The maximum atomic E-state index is 12.6. The van der Waals surface area contributed by atoms with Gasteiger partial charge >= 0.3 is 6.18 Å². The van der Waals surface area contributed by atoms with Crippen molar-refractivity contribution in [3.8, 4) is 0 Å². The van der Waals surface area contributed by atoms with Crippen LogP contribution in [0.3, 0.4) is 0 Å². The number of carbonyl (C=O) groups excluding carboxylic acids is 1. The molecular formula is C13H16ClF3N2O. The van der Waals surface area contributed by atoms with Crippen LogP contribution in [-0.2, 0) is 11.0 Å². The van der Waals surface area contributed by atoms with Gasteiger partial charge in [0.05, 0.1) is 22.8 Å². The molecule has 0 fully saturated rings. The summed E-state index contributed by atoms with van der Waals surface area (Å²) < 4.78 is 37.8. The number of anilines is 1. The van der Waals surface area contributed by atoms with Gasteiger partial charge in [-0.15, -0.1) is 0 Å². The highest BCUT2D eigenvalue weighted by atomic mass is 35.5. The van der Waals surface area contributed by atoms with Gasteiger partial charge in [-0.2, -0.15) is 13.2 Å². The summed E-state index contributed by atoms with van der Waals surface area (Å²) in [7, 11) is 0. The lowest BCUT2D eigenvalue weighted by molar-refractivity contribution is -0.137. The van der Waals surface area contributed by atoms with Gasteiger partial charge in [-0.25, -0.2) is 0 Å². The molecule has 0 atom stereocenters.